The first-order valence-electron chi connectivity index (χ1n) is 7.64. The molecule has 1 aromatic heterocycles. The topological polar surface area (TPSA) is 67.2 Å². The smallest absolute Gasteiger partial charge is 0.152 e. The molecular formula is C16H23BrFN3O2S. The number of benzene rings is 1. The van der Waals surface area contributed by atoms with E-state index in [9.17, 15) is 13.7 Å². The number of aliphatic hydroxyl groups is 1. The molecule has 5 nitrogen and oxygen atoms in total. The summed E-state index contributed by atoms with van der Waals surface area (Å²) in [6.45, 7) is 9.50. The lowest BCUT2D eigenvalue weighted by Gasteiger charge is -2.31. The van der Waals surface area contributed by atoms with E-state index in [0.29, 0.717) is 15.6 Å². The van der Waals surface area contributed by atoms with Crippen LogP contribution in [0.2, 0.25) is 0 Å². The quantitative estimate of drug-likeness (QED) is 0.781. The number of nitrogens with zero attached hydrogens (tertiary/aromatic N) is 2. The highest BCUT2D eigenvalue weighted by molar-refractivity contribution is 9.10. The lowest BCUT2D eigenvalue weighted by Crippen LogP contribution is -2.45. The minimum absolute atomic E-state index is 0.123. The third-order valence-corrected chi connectivity index (χ3v) is 5.84. The molecule has 1 heterocycles. The molecule has 0 spiro atoms. The van der Waals surface area contributed by atoms with Crippen molar-refractivity contribution in [3.63, 3.8) is 0 Å². The summed E-state index contributed by atoms with van der Waals surface area (Å²) in [5, 5.41) is 14.3. The van der Waals surface area contributed by atoms with E-state index in [-0.39, 0.29) is 18.7 Å². The van der Waals surface area contributed by atoms with Crippen molar-refractivity contribution in [2.45, 2.75) is 51.4 Å². The SMILES string of the molecule is CC(C)(NS(=O)C(C)(C)C)c1c2cc(Br)cc(F)c2nn1CCO. The van der Waals surface area contributed by atoms with Gasteiger partial charge in [-0.2, -0.15) is 5.10 Å². The fourth-order valence-electron chi connectivity index (χ4n) is 2.51. The van der Waals surface area contributed by atoms with Gasteiger partial charge in [0.1, 0.15) is 5.52 Å². The lowest BCUT2D eigenvalue weighted by molar-refractivity contribution is 0.263. The number of hydrogen-bond donors (Lipinski definition) is 2. The largest absolute Gasteiger partial charge is 0.394 e. The second kappa shape index (κ2) is 6.82. The minimum Gasteiger partial charge on any atom is -0.394 e. The summed E-state index contributed by atoms with van der Waals surface area (Å²) >= 11 is 3.31. The fraction of sp³-hybridized carbons (Fsp3) is 0.562. The molecule has 0 saturated heterocycles. The highest BCUT2D eigenvalue weighted by Crippen LogP contribution is 2.33. The molecule has 2 N–H and O–H groups in total. The van der Waals surface area contributed by atoms with Crippen molar-refractivity contribution in [3.8, 4) is 0 Å². The van der Waals surface area contributed by atoms with Crippen molar-refractivity contribution < 1.29 is 13.7 Å². The zero-order valence-corrected chi connectivity index (χ0v) is 16.9. The van der Waals surface area contributed by atoms with E-state index < -0.39 is 27.1 Å². The average molecular weight is 420 g/mol. The second-order valence-electron chi connectivity index (χ2n) is 7.19. The Bertz CT molecular complexity index is 784. The second-order valence-corrected chi connectivity index (χ2v) is 10.1. The molecule has 134 valence electrons. The average Bonchev–Trinajstić information content (AvgIpc) is 2.76. The van der Waals surface area contributed by atoms with E-state index in [2.05, 4.69) is 25.8 Å². The monoisotopic (exact) mass is 419 g/mol. The summed E-state index contributed by atoms with van der Waals surface area (Å²) in [5.74, 6) is -0.440. The van der Waals surface area contributed by atoms with Crippen LogP contribution in [0.1, 0.15) is 40.3 Å². The van der Waals surface area contributed by atoms with Crippen LogP contribution >= 0.6 is 15.9 Å². The number of rotatable bonds is 5. The lowest BCUT2D eigenvalue weighted by atomic mass is 9.98. The Morgan fingerprint density at radius 2 is 1.96 bits per heavy atom. The molecule has 2 aromatic rings. The van der Waals surface area contributed by atoms with E-state index in [1.54, 1.807) is 10.7 Å². The molecule has 1 unspecified atom stereocenters. The van der Waals surface area contributed by atoms with Crippen LogP contribution in [-0.4, -0.2) is 30.4 Å². The van der Waals surface area contributed by atoms with E-state index in [0.717, 1.165) is 0 Å². The number of nitrogens with one attached hydrogen (secondary N) is 1. The van der Waals surface area contributed by atoms with E-state index in [1.807, 2.05) is 34.6 Å². The van der Waals surface area contributed by atoms with Crippen molar-refractivity contribution in [3.05, 3.63) is 28.1 Å². The van der Waals surface area contributed by atoms with Crippen LogP contribution in [0.4, 0.5) is 4.39 Å². The molecule has 1 atom stereocenters. The molecule has 0 bridgehead atoms. The van der Waals surface area contributed by atoms with Crippen LogP contribution in [0.15, 0.2) is 16.6 Å². The van der Waals surface area contributed by atoms with Gasteiger partial charge in [0.2, 0.25) is 0 Å². The molecule has 0 amide bonds. The maximum absolute atomic E-state index is 14.3. The third kappa shape index (κ3) is 3.87. The zero-order valence-electron chi connectivity index (χ0n) is 14.5. The van der Waals surface area contributed by atoms with Crippen molar-refractivity contribution in [1.82, 2.24) is 14.5 Å². The maximum atomic E-state index is 14.3. The molecule has 0 aliphatic heterocycles. The van der Waals surface area contributed by atoms with Gasteiger partial charge in [-0.25, -0.2) is 13.3 Å². The van der Waals surface area contributed by atoms with Gasteiger partial charge in [-0.3, -0.25) is 4.68 Å². The predicted octanol–water partition coefficient (Wildman–Crippen LogP) is 3.22. The van der Waals surface area contributed by atoms with Crippen LogP contribution < -0.4 is 4.72 Å². The Morgan fingerprint density at radius 3 is 2.50 bits per heavy atom. The maximum Gasteiger partial charge on any atom is 0.152 e. The normalized spacial score (nSPS) is 14.3. The Hall–Kier alpha value is -0.830. The molecule has 0 radical (unpaired) electrons. The first-order valence-corrected chi connectivity index (χ1v) is 9.58. The minimum atomic E-state index is -1.32. The van der Waals surface area contributed by atoms with Crippen molar-refractivity contribution in [2.24, 2.45) is 0 Å². The van der Waals surface area contributed by atoms with Crippen molar-refractivity contribution in [1.29, 1.82) is 0 Å². The highest BCUT2D eigenvalue weighted by Gasteiger charge is 2.33. The Morgan fingerprint density at radius 1 is 1.33 bits per heavy atom. The Labute approximate surface area is 152 Å². The zero-order chi connectivity index (χ0) is 18.3. The van der Waals surface area contributed by atoms with Crippen LogP contribution in [0.5, 0.6) is 0 Å². The number of halogens is 2. The summed E-state index contributed by atoms with van der Waals surface area (Å²) < 4.78 is 31.7. The van der Waals surface area contributed by atoms with Crippen molar-refractivity contribution in [2.75, 3.05) is 6.61 Å². The summed E-state index contributed by atoms with van der Waals surface area (Å²) in [5.41, 5.74) is 0.178. The summed E-state index contributed by atoms with van der Waals surface area (Å²) in [4.78, 5) is 0. The van der Waals surface area contributed by atoms with Gasteiger partial charge in [-0.15, -0.1) is 0 Å². The van der Waals surface area contributed by atoms with Gasteiger partial charge in [0.25, 0.3) is 0 Å². The summed E-state index contributed by atoms with van der Waals surface area (Å²) in [6.07, 6.45) is 0. The van der Waals surface area contributed by atoms with Gasteiger partial charge in [0.05, 0.1) is 40.1 Å². The van der Waals surface area contributed by atoms with Crippen LogP contribution in [0.25, 0.3) is 10.9 Å². The number of hydrogen-bond acceptors (Lipinski definition) is 3. The van der Waals surface area contributed by atoms with Gasteiger partial charge < -0.3 is 5.11 Å². The van der Waals surface area contributed by atoms with Crippen LogP contribution in [0, 0.1) is 5.82 Å². The molecule has 1 aromatic carbocycles. The number of fused-ring (bicyclic) bond motifs is 1. The molecule has 2 rings (SSSR count). The van der Waals surface area contributed by atoms with Gasteiger partial charge in [-0.1, -0.05) is 15.9 Å². The Balaban J connectivity index is 2.64. The first-order chi connectivity index (χ1) is 11.0. The van der Waals surface area contributed by atoms with E-state index in [1.165, 1.54) is 6.07 Å². The molecule has 24 heavy (non-hydrogen) atoms. The van der Waals surface area contributed by atoms with Crippen molar-refractivity contribution >= 4 is 37.8 Å². The van der Waals surface area contributed by atoms with Gasteiger partial charge in [-0.05, 0) is 46.8 Å². The summed E-state index contributed by atoms with van der Waals surface area (Å²) in [7, 11) is -1.32. The molecule has 0 aliphatic rings. The molecule has 0 fully saturated rings. The Kier molecular flexibility index (Phi) is 5.54. The summed E-state index contributed by atoms with van der Waals surface area (Å²) in [6, 6.07) is 3.15. The van der Waals surface area contributed by atoms with E-state index in [4.69, 9.17) is 0 Å². The fourth-order valence-corrected chi connectivity index (χ4v) is 3.80. The first kappa shape index (κ1) is 19.5. The molecule has 8 heteroatoms. The third-order valence-electron chi connectivity index (χ3n) is 3.57. The van der Waals surface area contributed by atoms with Crippen LogP contribution in [0.3, 0.4) is 0 Å². The number of aliphatic hydroxyl groups excluding tert-OH is 1. The van der Waals surface area contributed by atoms with Gasteiger partial charge in [0, 0.05) is 9.86 Å². The highest BCUT2D eigenvalue weighted by atomic mass is 79.9. The van der Waals surface area contributed by atoms with E-state index >= 15 is 0 Å². The molecular weight excluding hydrogens is 397 g/mol. The predicted molar refractivity (Wildman–Crippen MR) is 98.5 cm³/mol. The van der Waals surface area contributed by atoms with Gasteiger partial charge >= 0.3 is 0 Å². The molecule has 0 aliphatic carbocycles. The van der Waals surface area contributed by atoms with Crippen LogP contribution in [-0.2, 0) is 23.1 Å². The number of aromatic nitrogens is 2. The van der Waals surface area contributed by atoms with Gasteiger partial charge in [0.15, 0.2) is 5.82 Å². The standard InChI is InChI=1S/C16H23BrFN3O2S/c1-15(2,3)24(23)20-16(4,5)14-11-8-10(17)9-12(18)13(11)19-21(14)6-7-22/h8-9,20,22H,6-7H2,1-5H3. The molecule has 0 saturated carbocycles.